The molecule has 0 radical (unpaired) electrons. The molecule has 1 fully saturated rings. The number of carbonyl (C=O) groups excluding carboxylic acids is 1. The maximum absolute atomic E-state index is 13.6. The third kappa shape index (κ3) is 6.69. The Morgan fingerprint density at radius 1 is 1.08 bits per heavy atom. The number of ether oxygens (including phenoxy) is 2. The zero-order valence-corrected chi connectivity index (χ0v) is 21.4. The number of amides is 1. The van der Waals surface area contributed by atoms with Crippen molar-refractivity contribution in [3.63, 3.8) is 0 Å². The van der Waals surface area contributed by atoms with E-state index in [2.05, 4.69) is 5.32 Å². The van der Waals surface area contributed by atoms with Crippen LogP contribution in [0.15, 0.2) is 41.3 Å². The number of nitrogens with zero attached hydrogens (tertiary/aromatic N) is 2. The Labute approximate surface area is 208 Å². The monoisotopic (exact) mass is 547 g/mol. The number of rotatable bonds is 10. The number of hydrogen-bond donors (Lipinski definition) is 1. The molecule has 0 unspecified atom stereocenters. The molecule has 0 spiro atoms. The molecular formula is C22H27F2N3O7S2. The molecule has 36 heavy (non-hydrogen) atoms. The summed E-state index contributed by atoms with van der Waals surface area (Å²) in [6.07, 6.45) is 0.863. The van der Waals surface area contributed by atoms with E-state index in [0.29, 0.717) is 0 Å². The van der Waals surface area contributed by atoms with E-state index in [1.54, 1.807) is 0 Å². The van der Waals surface area contributed by atoms with Gasteiger partial charge in [0.1, 0.15) is 10.6 Å². The van der Waals surface area contributed by atoms with Crippen LogP contribution in [0.25, 0.3) is 0 Å². The molecule has 0 aromatic heterocycles. The molecule has 1 saturated heterocycles. The quantitative estimate of drug-likeness (QED) is 0.484. The Bertz CT molecular complexity index is 1310. The number of hydrogen-bond acceptors (Lipinski definition) is 7. The zero-order chi connectivity index (χ0) is 26.5. The Hall–Kier alpha value is -2.81. The standard InChI is InChI=1S/C22H27F2N3O7S2/c1-33-20-8-5-16(14-21(20)36(31,32)26-10-12-34-13-11-26)25-22(28)4-3-9-27(35(2,29)30)17-6-7-18(23)19(24)15-17/h5-8,14-15H,3-4,9-13H2,1-2H3,(H,25,28). The van der Waals surface area contributed by atoms with Crippen LogP contribution >= 0.6 is 0 Å². The second kappa shape index (κ2) is 11.5. The minimum atomic E-state index is -3.90. The molecule has 3 rings (SSSR count). The summed E-state index contributed by atoms with van der Waals surface area (Å²) in [6, 6.07) is 6.93. The van der Waals surface area contributed by atoms with Gasteiger partial charge in [0.2, 0.25) is 26.0 Å². The Balaban J connectivity index is 1.69. The molecule has 0 saturated carbocycles. The van der Waals surface area contributed by atoms with Crippen molar-refractivity contribution in [1.29, 1.82) is 0 Å². The van der Waals surface area contributed by atoms with Crippen LogP contribution in [0.5, 0.6) is 5.75 Å². The van der Waals surface area contributed by atoms with Crippen molar-refractivity contribution in [1.82, 2.24) is 4.31 Å². The summed E-state index contributed by atoms with van der Waals surface area (Å²) in [4.78, 5) is 12.4. The third-order valence-corrected chi connectivity index (χ3v) is 8.51. The van der Waals surface area contributed by atoms with Crippen molar-refractivity contribution in [2.24, 2.45) is 0 Å². The average molecular weight is 548 g/mol. The molecule has 1 heterocycles. The minimum Gasteiger partial charge on any atom is -0.495 e. The minimum absolute atomic E-state index is 0.0625. The summed E-state index contributed by atoms with van der Waals surface area (Å²) in [5.41, 5.74) is 0.151. The Morgan fingerprint density at radius 2 is 1.78 bits per heavy atom. The van der Waals surface area contributed by atoms with Gasteiger partial charge in [0.25, 0.3) is 0 Å². The number of carbonyl (C=O) groups is 1. The number of morpholine rings is 1. The fraction of sp³-hybridized carbons (Fsp3) is 0.409. The first-order valence-corrected chi connectivity index (χ1v) is 14.2. The molecule has 2 aromatic rings. The van der Waals surface area contributed by atoms with Crippen molar-refractivity contribution in [2.75, 3.05) is 55.8 Å². The molecule has 1 N–H and O–H groups in total. The van der Waals surface area contributed by atoms with Crippen LogP contribution < -0.4 is 14.4 Å². The highest BCUT2D eigenvalue weighted by Gasteiger charge is 2.29. The average Bonchev–Trinajstić information content (AvgIpc) is 2.83. The normalized spacial score (nSPS) is 14.9. The highest BCUT2D eigenvalue weighted by Crippen LogP contribution is 2.30. The SMILES string of the molecule is COc1ccc(NC(=O)CCCN(c2ccc(F)c(F)c2)S(C)(=O)=O)cc1S(=O)(=O)N1CCOCC1. The number of sulfonamides is 2. The van der Waals surface area contributed by atoms with Gasteiger partial charge < -0.3 is 14.8 Å². The lowest BCUT2D eigenvalue weighted by atomic mass is 10.2. The van der Waals surface area contributed by atoms with Crippen molar-refractivity contribution in [2.45, 2.75) is 17.7 Å². The lowest BCUT2D eigenvalue weighted by molar-refractivity contribution is -0.116. The number of halogens is 2. The topological polar surface area (TPSA) is 122 Å². The van der Waals surface area contributed by atoms with Crippen molar-refractivity contribution in [3.8, 4) is 5.75 Å². The van der Waals surface area contributed by atoms with Crippen LogP contribution in [-0.4, -0.2) is 73.3 Å². The van der Waals surface area contributed by atoms with Gasteiger partial charge in [-0.05, 0) is 36.8 Å². The van der Waals surface area contributed by atoms with Crippen LogP contribution in [0.3, 0.4) is 0 Å². The molecule has 1 amide bonds. The van der Waals surface area contributed by atoms with Gasteiger partial charge in [-0.3, -0.25) is 9.10 Å². The van der Waals surface area contributed by atoms with Gasteiger partial charge in [-0.2, -0.15) is 4.31 Å². The fourth-order valence-electron chi connectivity index (χ4n) is 3.62. The number of anilines is 2. The summed E-state index contributed by atoms with van der Waals surface area (Å²) in [7, 11) is -6.39. The van der Waals surface area contributed by atoms with Gasteiger partial charge in [0, 0.05) is 37.8 Å². The van der Waals surface area contributed by atoms with Gasteiger partial charge in [0.05, 0.1) is 32.3 Å². The highest BCUT2D eigenvalue weighted by molar-refractivity contribution is 7.92. The van der Waals surface area contributed by atoms with Gasteiger partial charge in [-0.15, -0.1) is 0 Å². The molecule has 198 valence electrons. The van der Waals surface area contributed by atoms with E-state index in [9.17, 15) is 30.4 Å². The molecule has 0 atom stereocenters. The zero-order valence-electron chi connectivity index (χ0n) is 19.7. The lowest BCUT2D eigenvalue weighted by Gasteiger charge is -2.26. The summed E-state index contributed by atoms with van der Waals surface area (Å²) in [5, 5.41) is 2.60. The largest absolute Gasteiger partial charge is 0.495 e. The van der Waals surface area contributed by atoms with Crippen molar-refractivity contribution < 1.29 is 39.9 Å². The Morgan fingerprint density at radius 3 is 2.39 bits per heavy atom. The fourth-order valence-corrected chi connectivity index (χ4v) is 6.16. The first kappa shape index (κ1) is 27.8. The van der Waals surface area contributed by atoms with Gasteiger partial charge >= 0.3 is 0 Å². The number of methoxy groups -OCH3 is 1. The molecule has 14 heteroatoms. The van der Waals surface area contributed by atoms with E-state index >= 15 is 0 Å². The number of benzene rings is 2. The van der Waals surface area contributed by atoms with Crippen LogP contribution in [0.2, 0.25) is 0 Å². The maximum Gasteiger partial charge on any atom is 0.246 e. The van der Waals surface area contributed by atoms with Crippen LogP contribution in [0, 0.1) is 11.6 Å². The predicted octanol–water partition coefficient (Wildman–Crippen LogP) is 2.18. The summed E-state index contributed by atoms with van der Waals surface area (Å²) < 4.78 is 89.9. The molecular weight excluding hydrogens is 520 g/mol. The van der Waals surface area contributed by atoms with Gasteiger partial charge in [0.15, 0.2) is 11.6 Å². The second-order valence-electron chi connectivity index (χ2n) is 7.97. The molecule has 2 aromatic carbocycles. The van der Waals surface area contributed by atoms with Crippen molar-refractivity contribution >= 4 is 37.3 Å². The lowest BCUT2D eigenvalue weighted by Crippen LogP contribution is -2.40. The Kier molecular flexibility index (Phi) is 8.87. The first-order chi connectivity index (χ1) is 16.9. The van der Waals surface area contributed by atoms with E-state index in [1.165, 1.54) is 29.6 Å². The van der Waals surface area contributed by atoms with Crippen LogP contribution in [-0.2, 0) is 29.6 Å². The van der Waals surface area contributed by atoms with Crippen LogP contribution in [0.4, 0.5) is 20.2 Å². The van der Waals surface area contributed by atoms with E-state index < -0.39 is 37.6 Å². The third-order valence-electron chi connectivity index (χ3n) is 5.39. The van der Waals surface area contributed by atoms with Gasteiger partial charge in [-0.1, -0.05) is 0 Å². The van der Waals surface area contributed by atoms with E-state index in [-0.39, 0.29) is 67.7 Å². The van der Waals surface area contributed by atoms with Gasteiger partial charge in [-0.25, -0.2) is 25.6 Å². The summed E-state index contributed by atoms with van der Waals surface area (Å²) >= 11 is 0. The first-order valence-electron chi connectivity index (χ1n) is 10.9. The molecule has 0 aliphatic carbocycles. The summed E-state index contributed by atoms with van der Waals surface area (Å²) in [5.74, 6) is -2.68. The number of nitrogens with one attached hydrogen (secondary N) is 1. The van der Waals surface area contributed by atoms with E-state index in [0.717, 1.165) is 28.8 Å². The second-order valence-corrected chi connectivity index (χ2v) is 11.8. The maximum atomic E-state index is 13.6. The van der Waals surface area contributed by atoms with E-state index in [1.807, 2.05) is 0 Å². The molecule has 1 aliphatic rings. The van der Waals surface area contributed by atoms with E-state index in [4.69, 9.17) is 9.47 Å². The molecule has 0 bridgehead atoms. The highest BCUT2D eigenvalue weighted by atomic mass is 32.2. The van der Waals surface area contributed by atoms with Crippen LogP contribution in [0.1, 0.15) is 12.8 Å². The summed E-state index contributed by atoms with van der Waals surface area (Å²) in [6.45, 7) is 0.768. The smallest absolute Gasteiger partial charge is 0.246 e. The predicted molar refractivity (Wildman–Crippen MR) is 129 cm³/mol. The molecule has 1 aliphatic heterocycles. The molecule has 10 nitrogen and oxygen atoms in total. The van der Waals surface area contributed by atoms with Crippen molar-refractivity contribution in [3.05, 3.63) is 48.0 Å².